The highest BCUT2D eigenvalue weighted by atomic mass is 32.2. The minimum absolute atomic E-state index is 0.244. The number of rotatable bonds is 4. The van der Waals surface area contributed by atoms with Crippen molar-refractivity contribution in [1.29, 1.82) is 0 Å². The van der Waals surface area contributed by atoms with E-state index in [0.29, 0.717) is 12.5 Å². The van der Waals surface area contributed by atoms with Crippen LogP contribution in [0.25, 0.3) is 11.0 Å². The number of epoxide rings is 1. The Morgan fingerprint density at radius 2 is 2.40 bits per heavy atom. The van der Waals surface area contributed by atoms with Gasteiger partial charge in [0, 0.05) is 0 Å². The lowest BCUT2D eigenvalue weighted by Gasteiger charge is -2.13. The Labute approximate surface area is 120 Å². The quantitative estimate of drug-likeness (QED) is 0.808. The van der Waals surface area contributed by atoms with Gasteiger partial charge in [-0.3, -0.25) is 0 Å². The topological polar surface area (TPSA) is 59.6 Å². The molecule has 1 fully saturated rings. The summed E-state index contributed by atoms with van der Waals surface area (Å²) in [6.45, 7) is 3.40. The molecule has 0 radical (unpaired) electrons. The number of azo groups is 1. The van der Waals surface area contributed by atoms with Crippen molar-refractivity contribution < 1.29 is 13.9 Å². The fraction of sp³-hybridized carbons (Fsp3) is 0.429. The molecule has 4 rings (SSSR count). The zero-order valence-corrected chi connectivity index (χ0v) is 11.9. The SMILES string of the molecule is C[C@]1(c2cc3c(OCC4CO4)cccc3o2)N=NCS1. The lowest BCUT2D eigenvalue weighted by atomic mass is 10.2. The first kappa shape index (κ1) is 12.2. The highest BCUT2D eigenvalue weighted by Crippen LogP contribution is 2.45. The third-order valence-electron chi connectivity index (χ3n) is 3.47. The van der Waals surface area contributed by atoms with Crippen molar-refractivity contribution >= 4 is 22.7 Å². The molecule has 2 aliphatic heterocycles. The molecule has 104 valence electrons. The van der Waals surface area contributed by atoms with Gasteiger partial charge >= 0.3 is 0 Å². The Balaban J connectivity index is 1.70. The minimum Gasteiger partial charge on any atom is -0.490 e. The monoisotopic (exact) mass is 290 g/mol. The largest absolute Gasteiger partial charge is 0.490 e. The van der Waals surface area contributed by atoms with E-state index in [2.05, 4.69) is 10.2 Å². The van der Waals surface area contributed by atoms with E-state index in [4.69, 9.17) is 13.9 Å². The van der Waals surface area contributed by atoms with Gasteiger partial charge in [-0.05, 0) is 25.1 Å². The molecule has 0 aliphatic carbocycles. The van der Waals surface area contributed by atoms with Gasteiger partial charge in [0.05, 0.1) is 12.0 Å². The summed E-state index contributed by atoms with van der Waals surface area (Å²) in [7, 11) is 0. The predicted molar refractivity (Wildman–Crippen MR) is 76.1 cm³/mol. The van der Waals surface area contributed by atoms with Gasteiger partial charge in [0.25, 0.3) is 0 Å². The Hall–Kier alpha value is -1.53. The maximum atomic E-state index is 5.93. The number of nitrogens with zero attached hydrogens (tertiary/aromatic N) is 2. The van der Waals surface area contributed by atoms with Crippen LogP contribution in [0.4, 0.5) is 0 Å². The molecule has 6 heteroatoms. The number of hydrogen-bond acceptors (Lipinski definition) is 6. The van der Waals surface area contributed by atoms with E-state index in [1.54, 1.807) is 11.8 Å². The van der Waals surface area contributed by atoms with E-state index in [0.717, 1.165) is 29.1 Å². The van der Waals surface area contributed by atoms with Crippen molar-refractivity contribution in [2.45, 2.75) is 17.9 Å². The van der Waals surface area contributed by atoms with Crippen molar-refractivity contribution in [3.8, 4) is 5.75 Å². The van der Waals surface area contributed by atoms with Gasteiger partial charge in [0.2, 0.25) is 0 Å². The first-order valence-corrected chi connectivity index (χ1v) is 7.53. The van der Waals surface area contributed by atoms with Gasteiger partial charge in [-0.15, -0.1) is 0 Å². The molecular weight excluding hydrogens is 276 g/mol. The third-order valence-corrected chi connectivity index (χ3v) is 4.56. The van der Waals surface area contributed by atoms with Crippen LogP contribution in [-0.2, 0) is 9.61 Å². The summed E-state index contributed by atoms with van der Waals surface area (Å²) >= 11 is 1.66. The molecule has 1 saturated heterocycles. The summed E-state index contributed by atoms with van der Waals surface area (Å²) in [6.07, 6.45) is 0.244. The van der Waals surface area contributed by atoms with Crippen LogP contribution in [0.2, 0.25) is 0 Å². The summed E-state index contributed by atoms with van der Waals surface area (Å²) in [6, 6.07) is 7.84. The van der Waals surface area contributed by atoms with Gasteiger partial charge < -0.3 is 13.9 Å². The first-order valence-electron chi connectivity index (χ1n) is 6.55. The fourth-order valence-corrected chi connectivity index (χ4v) is 2.93. The molecule has 1 aromatic heterocycles. The van der Waals surface area contributed by atoms with Crippen molar-refractivity contribution in [3.05, 3.63) is 30.0 Å². The second-order valence-electron chi connectivity index (χ2n) is 5.04. The predicted octanol–water partition coefficient (Wildman–Crippen LogP) is 3.54. The smallest absolute Gasteiger partial charge is 0.183 e. The van der Waals surface area contributed by atoms with Gasteiger partial charge in [-0.2, -0.15) is 10.2 Å². The van der Waals surface area contributed by atoms with E-state index >= 15 is 0 Å². The Morgan fingerprint density at radius 1 is 1.50 bits per heavy atom. The highest BCUT2D eigenvalue weighted by Gasteiger charge is 2.34. The van der Waals surface area contributed by atoms with Crippen LogP contribution in [0, 0.1) is 0 Å². The van der Waals surface area contributed by atoms with Crippen molar-refractivity contribution in [1.82, 2.24) is 0 Å². The number of thioether (sulfide) groups is 1. The maximum absolute atomic E-state index is 5.93. The summed E-state index contributed by atoms with van der Waals surface area (Å²) in [5.74, 6) is 2.32. The van der Waals surface area contributed by atoms with Crippen LogP contribution >= 0.6 is 11.8 Å². The van der Waals surface area contributed by atoms with E-state index < -0.39 is 4.87 Å². The standard InChI is InChI=1S/C14H14N2O3S/c1-14(16-15-8-20-14)13-5-10-11(18-7-9-6-17-9)3-2-4-12(10)19-13/h2-5,9H,6-8H2,1H3/t9?,14-/m0/s1. The highest BCUT2D eigenvalue weighted by molar-refractivity contribution is 8.00. The molecule has 0 bridgehead atoms. The van der Waals surface area contributed by atoms with Crippen molar-refractivity contribution in [2.24, 2.45) is 10.2 Å². The lowest BCUT2D eigenvalue weighted by molar-refractivity contribution is 0.265. The van der Waals surface area contributed by atoms with Gasteiger partial charge in [0.15, 0.2) is 4.87 Å². The van der Waals surface area contributed by atoms with Crippen LogP contribution < -0.4 is 4.74 Å². The third kappa shape index (κ3) is 2.09. The molecule has 2 atom stereocenters. The molecule has 2 aromatic rings. The van der Waals surface area contributed by atoms with Crippen LogP contribution in [0.3, 0.4) is 0 Å². The van der Waals surface area contributed by atoms with Crippen LogP contribution in [-0.4, -0.2) is 25.2 Å². The average Bonchev–Trinajstić information content (AvgIpc) is 2.98. The molecular formula is C14H14N2O3S. The van der Waals surface area contributed by atoms with E-state index in [1.165, 1.54) is 0 Å². The Morgan fingerprint density at radius 3 is 3.15 bits per heavy atom. The molecule has 0 spiro atoms. The van der Waals surface area contributed by atoms with Crippen LogP contribution in [0.5, 0.6) is 5.75 Å². The molecule has 1 unspecified atom stereocenters. The average molecular weight is 290 g/mol. The summed E-state index contributed by atoms with van der Waals surface area (Å²) in [4.78, 5) is -0.421. The molecule has 0 saturated carbocycles. The van der Waals surface area contributed by atoms with Crippen LogP contribution in [0.1, 0.15) is 12.7 Å². The second-order valence-corrected chi connectivity index (χ2v) is 6.38. The number of fused-ring (bicyclic) bond motifs is 1. The van der Waals surface area contributed by atoms with Crippen LogP contribution in [0.15, 0.2) is 38.9 Å². The van der Waals surface area contributed by atoms with E-state index in [9.17, 15) is 0 Å². The number of benzene rings is 1. The molecule has 3 heterocycles. The fourth-order valence-electron chi connectivity index (χ4n) is 2.20. The van der Waals surface area contributed by atoms with Gasteiger partial charge in [-0.1, -0.05) is 17.8 Å². The normalized spacial score (nSPS) is 28.1. The number of furan rings is 1. The molecule has 5 nitrogen and oxygen atoms in total. The van der Waals surface area contributed by atoms with Gasteiger partial charge in [-0.25, -0.2) is 0 Å². The lowest BCUT2D eigenvalue weighted by Crippen LogP contribution is -2.09. The second kappa shape index (κ2) is 4.49. The number of hydrogen-bond donors (Lipinski definition) is 0. The van der Waals surface area contributed by atoms with Crippen molar-refractivity contribution in [2.75, 3.05) is 19.1 Å². The molecule has 0 N–H and O–H groups in total. The summed E-state index contributed by atoms with van der Waals surface area (Å²) < 4.78 is 16.9. The Kier molecular flexibility index (Phi) is 2.75. The summed E-state index contributed by atoms with van der Waals surface area (Å²) in [5.41, 5.74) is 0.818. The van der Waals surface area contributed by atoms with E-state index in [-0.39, 0.29) is 6.10 Å². The first-order chi connectivity index (χ1) is 9.74. The molecule has 0 amide bonds. The minimum atomic E-state index is -0.421. The maximum Gasteiger partial charge on any atom is 0.183 e. The van der Waals surface area contributed by atoms with Gasteiger partial charge in [0.1, 0.15) is 35.7 Å². The zero-order chi connectivity index (χ0) is 13.6. The molecule has 1 aromatic carbocycles. The number of ether oxygens (including phenoxy) is 2. The molecule has 2 aliphatic rings. The van der Waals surface area contributed by atoms with E-state index in [1.807, 2.05) is 31.2 Å². The molecule has 20 heavy (non-hydrogen) atoms. The Bertz CT molecular complexity index is 680. The summed E-state index contributed by atoms with van der Waals surface area (Å²) in [5, 5.41) is 9.31. The van der Waals surface area contributed by atoms with Crippen molar-refractivity contribution in [3.63, 3.8) is 0 Å². The zero-order valence-electron chi connectivity index (χ0n) is 11.0.